The average Bonchev–Trinajstić information content (AvgIpc) is 2.91. The van der Waals surface area contributed by atoms with E-state index >= 15 is 0 Å². The van der Waals surface area contributed by atoms with E-state index in [1.165, 1.54) is 58.5 Å². The summed E-state index contributed by atoms with van der Waals surface area (Å²) in [7, 11) is 0. The summed E-state index contributed by atoms with van der Waals surface area (Å²) >= 11 is 0. The van der Waals surface area contributed by atoms with Gasteiger partial charge in [0.1, 0.15) is 0 Å². The third-order valence-corrected chi connectivity index (χ3v) is 5.73. The lowest BCUT2D eigenvalue weighted by molar-refractivity contribution is 0.0537. The second-order valence-electron chi connectivity index (χ2n) is 7.15. The van der Waals surface area contributed by atoms with Gasteiger partial charge >= 0.3 is 0 Å². The first-order valence-electron chi connectivity index (χ1n) is 8.93. The van der Waals surface area contributed by atoms with Gasteiger partial charge in [0.15, 0.2) is 0 Å². The van der Waals surface area contributed by atoms with E-state index in [2.05, 4.69) is 35.5 Å². The van der Waals surface area contributed by atoms with Crippen LogP contribution in [0.3, 0.4) is 0 Å². The number of nitrogens with zero attached hydrogens (tertiary/aromatic N) is 3. The Morgan fingerprint density at radius 1 is 1.05 bits per heavy atom. The molecule has 0 saturated carbocycles. The highest BCUT2D eigenvalue weighted by atomic mass is 16.3. The minimum Gasteiger partial charge on any atom is -0.394 e. The standard InChI is InChI=1S/C17H35N3O/c1-4-17(15-21)7-5-9-20(17)10-6-8-18-11-13-19(14-12-18)16(2)3/h16,21H,4-15H2,1-3H3/t17-/m0/s1. The average molecular weight is 297 g/mol. The number of piperazine rings is 1. The van der Waals surface area contributed by atoms with Gasteiger partial charge in [-0.1, -0.05) is 6.92 Å². The summed E-state index contributed by atoms with van der Waals surface area (Å²) in [6.45, 7) is 15.6. The van der Waals surface area contributed by atoms with Gasteiger partial charge in [-0.15, -0.1) is 0 Å². The minimum absolute atomic E-state index is 0.0936. The Bertz CT molecular complexity index is 296. The molecule has 4 heteroatoms. The van der Waals surface area contributed by atoms with Crippen LogP contribution < -0.4 is 0 Å². The van der Waals surface area contributed by atoms with E-state index in [1.807, 2.05) is 0 Å². The van der Waals surface area contributed by atoms with Crippen molar-refractivity contribution in [2.75, 3.05) is 52.4 Å². The van der Waals surface area contributed by atoms with Crippen molar-refractivity contribution in [2.24, 2.45) is 0 Å². The summed E-state index contributed by atoms with van der Waals surface area (Å²) in [5, 5.41) is 9.76. The van der Waals surface area contributed by atoms with Gasteiger partial charge in [-0.25, -0.2) is 0 Å². The van der Waals surface area contributed by atoms with Crippen molar-refractivity contribution >= 4 is 0 Å². The molecule has 4 nitrogen and oxygen atoms in total. The lowest BCUT2D eigenvalue weighted by Gasteiger charge is -2.39. The van der Waals surface area contributed by atoms with Crippen LogP contribution in [-0.4, -0.2) is 83.8 Å². The molecule has 1 N–H and O–H groups in total. The number of hydrogen-bond acceptors (Lipinski definition) is 4. The van der Waals surface area contributed by atoms with Crippen molar-refractivity contribution in [3.8, 4) is 0 Å². The molecule has 21 heavy (non-hydrogen) atoms. The normalized spacial score (nSPS) is 29.6. The van der Waals surface area contributed by atoms with E-state index in [1.54, 1.807) is 0 Å². The summed E-state index contributed by atoms with van der Waals surface area (Å²) < 4.78 is 0. The number of rotatable bonds is 7. The molecule has 0 aromatic rings. The van der Waals surface area contributed by atoms with Gasteiger partial charge in [0.05, 0.1) is 6.61 Å². The fraction of sp³-hybridized carbons (Fsp3) is 1.00. The molecule has 0 aromatic carbocycles. The fourth-order valence-corrected chi connectivity index (χ4v) is 4.02. The van der Waals surface area contributed by atoms with Crippen LogP contribution in [0.5, 0.6) is 0 Å². The van der Waals surface area contributed by atoms with Crippen LogP contribution in [0.1, 0.15) is 46.5 Å². The molecule has 0 unspecified atom stereocenters. The lowest BCUT2D eigenvalue weighted by atomic mass is 9.94. The SMILES string of the molecule is CC[C@@]1(CO)CCCN1CCCN1CCN(C(C)C)CC1. The molecule has 1 atom stereocenters. The van der Waals surface area contributed by atoms with Crippen molar-refractivity contribution in [1.82, 2.24) is 14.7 Å². The third-order valence-electron chi connectivity index (χ3n) is 5.73. The Morgan fingerprint density at radius 3 is 2.33 bits per heavy atom. The van der Waals surface area contributed by atoms with E-state index in [4.69, 9.17) is 0 Å². The van der Waals surface area contributed by atoms with Crippen molar-refractivity contribution in [2.45, 2.75) is 58.0 Å². The monoisotopic (exact) mass is 297 g/mol. The first-order valence-corrected chi connectivity index (χ1v) is 8.93. The molecule has 2 aliphatic heterocycles. The molecule has 0 amide bonds. The Hall–Kier alpha value is -0.160. The number of aliphatic hydroxyl groups excluding tert-OH is 1. The van der Waals surface area contributed by atoms with Gasteiger partial charge in [-0.2, -0.15) is 0 Å². The Kier molecular flexibility index (Phi) is 6.48. The molecule has 0 spiro atoms. The van der Waals surface area contributed by atoms with Gasteiger partial charge in [-0.3, -0.25) is 9.80 Å². The molecule has 0 bridgehead atoms. The zero-order chi connectivity index (χ0) is 15.3. The maximum Gasteiger partial charge on any atom is 0.0615 e. The summed E-state index contributed by atoms with van der Waals surface area (Å²) in [6.07, 6.45) is 4.74. The Morgan fingerprint density at radius 2 is 1.76 bits per heavy atom. The van der Waals surface area contributed by atoms with Crippen molar-refractivity contribution in [3.05, 3.63) is 0 Å². The molecule has 2 fully saturated rings. The fourth-order valence-electron chi connectivity index (χ4n) is 4.02. The molecule has 0 aromatic heterocycles. The molecule has 2 rings (SSSR count). The van der Waals surface area contributed by atoms with Crippen LogP contribution in [0.2, 0.25) is 0 Å². The van der Waals surface area contributed by atoms with Gasteiger partial charge in [-0.05, 0) is 59.2 Å². The quantitative estimate of drug-likeness (QED) is 0.774. The predicted molar refractivity (Wildman–Crippen MR) is 88.7 cm³/mol. The first kappa shape index (κ1) is 17.2. The second-order valence-corrected chi connectivity index (χ2v) is 7.15. The van der Waals surface area contributed by atoms with E-state index in [0.29, 0.717) is 12.6 Å². The predicted octanol–water partition coefficient (Wildman–Crippen LogP) is 1.64. The highest BCUT2D eigenvalue weighted by Crippen LogP contribution is 2.31. The van der Waals surface area contributed by atoms with Crippen LogP contribution >= 0.6 is 0 Å². The van der Waals surface area contributed by atoms with E-state index < -0.39 is 0 Å². The molecular weight excluding hydrogens is 262 g/mol. The van der Waals surface area contributed by atoms with Crippen LogP contribution in [0.15, 0.2) is 0 Å². The van der Waals surface area contributed by atoms with E-state index in [-0.39, 0.29) is 5.54 Å². The Balaban J connectivity index is 1.68. The second kappa shape index (κ2) is 7.91. The Labute approximate surface area is 131 Å². The maximum absolute atomic E-state index is 9.76. The van der Waals surface area contributed by atoms with Gasteiger partial charge < -0.3 is 10.0 Å². The van der Waals surface area contributed by atoms with Crippen LogP contribution in [0.25, 0.3) is 0 Å². The van der Waals surface area contributed by atoms with Crippen molar-refractivity contribution in [1.29, 1.82) is 0 Å². The summed E-state index contributed by atoms with van der Waals surface area (Å²) in [5.74, 6) is 0. The van der Waals surface area contributed by atoms with Crippen LogP contribution in [-0.2, 0) is 0 Å². The lowest BCUT2D eigenvalue weighted by Crippen LogP contribution is -2.50. The number of likely N-dealkylation sites (tertiary alicyclic amines) is 1. The van der Waals surface area contributed by atoms with Gasteiger partial charge in [0.25, 0.3) is 0 Å². The van der Waals surface area contributed by atoms with Crippen LogP contribution in [0, 0.1) is 0 Å². The van der Waals surface area contributed by atoms with E-state index in [9.17, 15) is 5.11 Å². The zero-order valence-corrected chi connectivity index (χ0v) is 14.4. The molecular formula is C17H35N3O. The number of hydrogen-bond donors (Lipinski definition) is 1. The highest BCUT2D eigenvalue weighted by Gasteiger charge is 2.38. The molecule has 0 aliphatic carbocycles. The summed E-state index contributed by atoms with van der Waals surface area (Å²) in [4.78, 5) is 7.74. The third kappa shape index (κ3) is 4.19. The topological polar surface area (TPSA) is 30.0 Å². The maximum atomic E-state index is 9.76. The first-order chi connectivity index (χ1) is 10.1. The van der Waals surface area contributed by atoms with Crippen molar-refractivity contribution in [3.63, 3.8) is 0 Å². The molecule has 2 heterocycles. The highest BCUT2D eigenvalue weighted by molar-refractivity contribution is 4.94. The zero-order valence-electron chi connectivity index (χ0n) is 14.4. The van der Waals surface area contributed by atoms with Crippen molar-refractivity contribution < 1.29 is 5.11 Å². The molecule has 0 radical (unpaired) electrons. The van der Waals surface area contributed by atoms with E-state index in [0.717, 1.165) is 13.0 Å². The molecule has 2 saturated heterocycles. The smallest absolute Gasteiger partial charge is 0.0615 e. The number of aliphatic hydroxyl groups is 1. The van der Waals surface area contributed by atoms with Gasteiger partial charge in [0, 0.05) is 37.8 Å². The van der Waals surface area contributed by atoms with Gasteiger partial charge in [0.2, 0.25) is 0 Å². The summed E-state index contributed by atoms with van der Waals surface area (Å²) in [5.41, 5.74) is 0.0936. The molecule has 124 valence electrons. The van der Waals surface area contributed by atoms with Crippen LogP contribution in [0.4, 0.5) is 0 Å². The minimum atomic E-state index is 0.0936. The summed E-state index contributed by atoms with van der Waals surface area (Å²) in [6, 6.07) is 0.687. The molecule has 2 aliphatic rings. The largest absolute Gasteiger partial charge is 0.394 e.